The highest BCUT2D eigenvalue weighted by Crippen LogP contribution is 2.31. The van der Waals surface area contributed by atoms with Crippen molar-refractivity contribution in [1.29, 1.82) is 0 Å². The number of hydrogen-bond donors (Lipinski definition) is 2. The van der Waals surface area contributed by atoms with Crippen molar-refractivity contribution in [2.75, 3.05) is 22.1 Å². The Morgan fingerprint density at radius 1 is 1.18 bits per heavy atom. The topological polar surface area (TPSA) is 78.5 Å². The minimum absolute atomic E-state index is 0.0200. The van der Waals surface area contributed by atoms with E-state index in [1.165, 1.54) is 0 Å². The molecule has 6 nitrogen and oxygen atoms in total. The van der Waals surface area contributed by atoms with Crippen LogP contribution in [0, 0.1) is 5.92 Å². The largest absolute Gasteiger partial charge is 0.326 e. The van der Waals surface area contributed by atoms with Gasteiger partial charge in [0.05, 0.1) is 0 Å². The van der Waals surface area contributed by atoms with Crippen LogP contribution in [0.2, 0.25) is 0 Å². The van der Waals surface area contributed by atoms with E-state index in [0.29, 0.717) is 19.4 Å². The summed E-state index contributed by atoms with van der Waals surface area (Å²) in [6.07, 6.45) is 2.25. The molecule has 3 amide bonds. The number of hydrogen-bond acceptors (Lipinski definition) is 3. The standard InChI is InChI=1S/C22H23N3O3/c1-14(26)25-11-10-16-13-18(7-8-20(16)25)23-21(27)9-6-17-12-15-4-2-3-5-19(15)24-22(17)28/h2-5,7-8,13,17H,6,9-12H2,1H3,(H,23,27)(H,24,28)/t17-/m1/s1. The molecule has 2 aliphatic heterocycles. The van der Waals surface area contributed by atoms with Crippen molar-refractivity contribution in [2.24, 2.45) is 5.92 Å². The van der Waals surface area contributed by atoms with E-state index in [1.807, 2.05) is 42.5 Å². The Hall–Kier alpha value is -3.15. The number of rotatable bonds is 4. The van der Waals surface area contributed by atoms with Crippen LogP contribution in [-0.4, -0.2) is 24.3 Å². The van der Waals surface area contributed by atoms with Crippen LogP contribution in [0.1, 0.15) is 30.9 Å². The lowest BCUT2D eigenvalue weighted by Crippen LogP contribution is -2.30. The molecule has 2 aliphatic rings. The fourth-order valence-electron chi connectivity index (χ4n) is 3.98. The van der Waals surface area contributed by atoms with Crippen LogP contribution >= 0.6 is 0 Å². The van der Waals surface area contributed by atoms with Gasteiger partial charge in [0.15, 0.2) is 0 Å². The van der Waals surface area contributed by atoms with Crippen molar-refractivity contribution in [3.63, 3.8) is 0 Å². The third-order valence-electron chi connectivity index (χ3n) is 5.47. The average Bonchev–Trinajstić information content (AvgIpc) is 3.10. The average molecular weight is 377 g/mol. The molecule has 2 heterocycles. The first-order chi connectivity index (χ1) is 13.5. The molecule has 0 bridgehead atoms. The summed E-state index contributed by atoms with van der Waals surface area (Å²) in [5.74, 6) is -0.283. The maximum Gasteiger partial charge on any atom is 0.227 e. The van der Waals surface area contributed by atoms with Gasteiger partial charge < -0.3 is 15.5 Å². The molecule has 0 aliphatic carbocycles. The van der Waals surface area contributed by atoms with E-state index in [-0.39, 0.29) is 30.1 Å². The van der Waals surface area contributed by atoms with E-state index < -0.39 is 0 Å². The van der Waals surface area contributed by atoms with Crippen molar-refractivity contribution < 1.29 is 14.4 Å². The molecule has 0 saturated carbocycles. The van der Waals surface area contributed by atoms with Gasteiger partial charge in [-0.1, -0.05) is 18.2 Å². The summed E-state index contributed by atoms with van der Waals surface area (Å²) in [5.41, 5.74) is 4.69. The number of carbonyl (C=O) groups is 3. The Labute approximate surface area is 163 Å². The van der Waals surface area contributed by atoms with Gasteiger partial charge in [-0.2, -0.15) is 0 Å². The lowest BCUT2D eigenvalue weighted by molar-refractivity contribution is -0.121. The first-order valence-electron chi connectivity index (χ1n) is 9.61. The first-order valence-corrected chi connectivity index (χ1v) is 9.61. The van der Waals surface area contributed by atoms with Gasteiger partial charge in [-0.05, 0) is 54.7 Å². The smallest absolute Gasteiger partial charge is 0.227 e. The summed E-state index contributed by atoms with van der Waals surface area (Å²) in [6.45, 7) is 2.24. The van der Waals surface area contributed by atoms with E-state index in [0.717, 1.165) is 34.6 Å². The van der Waals surface area contributed by atoms with E-state index in [2.05, 4.69) is 10.6 Å². The quantitative estimate of drug-likeness (QED) is 0.859. The molecular formula is C22H23N3O3. The molecular weight excluding hydrogens is 354 g/mol. The number of anilines is 3. The fourth-order valence-corrected chi connectivity index (χ4v) is 3.98. The molecule has 0 saturated heterocycles. The number of nitrogens with zero attached hydrogens (tertiary/aromatic N) is 1. The molecule has 0 aromatic heterocycles. The summed E-state index contributed by atoms with van der Waals surface area (Å²) in [6, 6.07) is 13.4. The van der Waals surface area contributed by atoms with E-state index >= 15 is 0 Å². The van der Waals surface area contributed by atoms with Crippen LogP contribution in [0.15, 0.2) is 42.5 Å². The summed E-state index contributed by atoms with van der Waals surface area (Å²) < 4.78 is 0. The fraction of sp³-hybridized carbons (Fsp3) is 0.318. The SMILES string of the molecule is CC(=O)N1CCc2cc(NC(=O)CC[C@@H]3Cc4ccccc4NC3=O)ccc21. The normalized spacial score (nSPS) is 17.5. The van der Waals surface area contributed by atoms with E-state index in [4.69, 9.17) is 0 Å². The zero-order valence-electron chi connectivity index (χ0n) is 15.8. The number of fused-ring (bicyclic) bond motifs is 2. The highest BCUT2D eigenvalue weighted by molar-refractivity contribution is 5.97. The van der Waals surface area contributed by atoms with Crippen LogP contribution in [0.3, 0.4) is 0 Å². The molecule has 0 fully saturated rings. The molecule has 0 radical (unpaired) electrons. The van der Waals surface area contributed by atoms with E-state index in [9.17, 15) is 14.4 Å². The third kappa shape index (κ3) is 3.63. The minimum atomic E-state index is -0.190. The number of amides is 3. The second-order valence-electron chi connectivity index (χ2n) is 7.40. The molecule has 144 valence electrons. The number of nitrogens with one attached hydrogen (secondary N) is 2. The minimum Gasteiger partial charge on any atom is -0.326 e. The van der Waals surface area contributed by atoms with Gasteiger partial charge in [0.25, 0.3) is 0 Å². The Balaban J connectivity index is 1.34. The van der Waals surface area contributed by atoms with Crippen molar-refractivity contribution in [2.45, 2.75) is 32.6 Å². The second-order valence-corrected chi connectivity index (χ2v) is 7.40. The zero-order chi connectivity index (χ0) is 19.7. The summed E-state index contributed by atoms with van der Waals surface area (Å²) in [4.78, 5) is 38.0. The van der Waals surface area contributed by atoms with Crippen LogP contribution in [0.4, 0.5) is 17.1 Å². The molecule has 4 rings (SSSR count). The van der Waals surface area contributed by atoms with Gasteiger partial charge in [-0.3, -0.25) is 14.4 Å². The molecule has 0 unspecified atom stereocenters. The van der Waals surface area contributed by atoms with Crippen molar-refractivity contribution in [1.82, 2.24) is 0 Å². The molecule has 2 aromatic carbocycles. The maximum atomic E-state index is 12.4. The molecule has 1 atom stereocenters. The van der Waals surface area contributed by atoms with Crippen molar-refractivity contribution >= 4 is 34.8 Å². The Bertz CT molecular complexity index is 954. The third-order valence-corrected chi connectivity index (χ3v) is 5.47. The first kappa shape index (κ1) is 18.2. The van der Waals surface area contributed by atoms with Gasteiger partial charge in [0.2, 0.25) is 17.7 Å². The molecule has 2 aromatic rings. The van der Waals surface area contributed by atoms with Gasteiger partial charge >= 0.3 is 0 Å². The summed E-state index contributed by atoms with van der Waals surface area (Å²) >= 11 is 0. The summed E-state index contributed by atoms with van der Waals surface area (Å²) in [5, 5.41) is 5.84. The van der Waals surface area contributed by atoms with Crippen LogP contribution in [-0.2, 0) is 27.2 Å². The second kappa shape index (κ2) is 7.46. The molecule has 0 spiro atoms. The summed E-state index contributed by atoms with van der Waals surface area (Å²) in [7, 11) is 0. The van der Waals surface area contributed by atoms with Crippen LogP contribution in [0.25, 0.3) is 0 Å². The highest BCUT2D eigenvalue weighted by Gasteiger charge is 2.26. The van der Waals surface area contributed by atoms with Crippen LogP contribution in [0.5, 0.6) is 0 Å². The number of para-hydroxylation sites is 1. The molecule has 28 heavy (non-hydrogen) atoms. The predicted molar refractivity (Wildman–Crippen MR) is 108 cm³/mol. The van der Waals surface area contributed by atoms with Gasteiger partial charge in [0.1, 0.15) is 0 Å². The molecule has 2 N–H and O–H groups in total. The molecule has 6 heteroatoms. The van der Waals surface area contributed by atoms with Crippen molar-refractivity contribution in [3.8, 4) is 0 Å². The number of carbonyl (C=O) groups excluding carboxylic acids is 3. The predicted octanol–water partition coefficient (Wildman–Crippen LogP) is 3.13. The van der Waals surface area contributed by atoms with Crippen molar-refractivity contribution in [3.05, 3.63) is 53.6 Å². The lowest BCUT2D eigenvalue weighted by Gasteiger charge is -2.24. The Morgan fingerprint density at radius 2 is 2.00 bits per heavy atom. The Morgan fingerprint density at radius 3 is 2.82 bits per heavy atom. The number of benzene rings is 2. The van der Waals surface area contributed by atoms with Crippen LogP contribution < -0.4 is 15.5 Å². The highest BCUT2D eigenvalue weighted by atomic mass is 16.2. The zero-order valence-corrected chi connectivity index (χ0v) is 15.8. The van der Waals surface area contributed by atoms with Gasteiger partial charge in [0, 0.05) is 42.9 Å². The van der Waals surface area contributed by atoms with Gasteiger partial charge in [-0.15, -0.1) is 0 Å². The monoisotopic (exact) mass is 377 g/mol. The van der Waals surface area contributed by atoms with E-state index in [1.54, 1.807) is 11.8 Å². The lowest BCUT2D eigenvalue weighted by atomic mass is 9.89. The maximum absolute atomic E-state index is 12.4. The van der Waals surface area contributed by atoms with Gasteiger partial charge in [-0.25, -0.2) is 0 Å². The Kier molecular flexibility index (Phi) is 4.86.